The molecule has 2 saturated heterocycles. The van der Waals surface area contributed by atoms with Crippen LogP contribution in [0.15, 0.2) is 30.3 Å². The van der Waals surface area contributed by atoms with Crippen LogP contribution >= 0.6 is 11.8 Å². The predicted molar refractivity (Wildman–Crippen MR) is 93.5 cm³/mol. The second kappa shape index (κ2) is 8.00. The number of hydrogen-bond acceptors (Lipinski definition) is 5. The van der Waals surface area contributed by atoms with Gasteiger partial charge in [0.2, 0.25) is 11.8 Å². The maximum absolute atomic E-state index is 12.3. The van der Waals surface area contributed by atoms with Crippen molar-refractivity contribution < 1.29 is 14.7 Å². The molecule has 2 heterocycles. The molecule has 2 aliphatic heterocycles. The highest BCUT2D eigenvalue weighted by Crippen LogP contribution is 2.17. The van der Waals surface area contributed by atoms with Crippen molar-refractivity contribution in [2.45, 2.75) is 6.10 Å². The monoisotopic (exact) mass is 349 g/mol. The number of β-amino-alcohol motifs (C(OH)–C–C–N with tert-alkyl or cyclic N) is 1. The van der Waals surface area contributed by atoms with E-state index in [1.807, 2.05) is 35.2 Å². The van der Waals surface area contributed by atoms with E-state index < -0.39 is 6.10 Å². The van der Waals surface area contributed by atoms with E-state index in [0.717, 1.165) is 18.7 Å². The Kier molecular flexibility index (Phi) is 5.76. The number of carbonyl (C=O) groups is 2. The Labute approximate surface area is 146 Å². The van der Waals surface area contributed by atoms with Crippen molar-refractivity contribution in [3.8, 4) is 0 Å². The van der Waals surface area contributed by atoms with Crippen molar-refractivity contribution >= 4 is 23.6 Å². The summed E-state index contributed by atoms with van der Waals surface area (Å²) in [6.45, 7) is 3.56. The molecule has 1 aromatic rings. The summed E-state index contributed by atoms with van der Waals surface area (Å²) in [5.41, 5.74) is 0.918. The number of carbonyl (C=O) groups excluding carboxylic acids is 2. The molecule has 1 atom stereocenters. The number of rotatable bonds is 5. The molecule has 130 valence electrons. The molecule has 24 heavy (non-hydrogen) atoms. The average Bonchev–Trinajstić information content (AvgIpc) is 3.01. The van der Waals surface area contributed by atoms with Gasteiger partial charge in [0.25, 0.3) is 0 Å². The van der Waals surface area contributed by atoms with Gasteiger partial charge in [0.05, 0.1) is 17.7 Å². The van der Waals surface area contributed by atoms with E-state index >= 15 is 0 Å². The second-order valence-corrected chi connectivity index (χ2v) is 7.13. The van der Waals surface area contributed by atoms with E-state index in [0.29, 0.717) is 31.3 Å². The van der Waals surface area contributed by atoms with Crippen molar-refractivity contribution in [3.63, 3.8) is 0 Å². The summed E-state index contributed by atoms with van der Waals surface area (Å²) in [5, 5.41) is 10.3. The molecule has 1 aromatic carbocycles. The molecule has 0 radical (unpaired) electrons. The van der Waals surface area contributed by atoms with E-state index in [2.05, 4.69) is 4.90 Å². The van der Waals surface area contributed by atoms with Gasteiger partial charge in [-0.1, -0.05) is 30.3 Å². The van der Waals surface area contributed by atoms with Gasteiger partial charge in [0, 0.05) is 32.7 Å². The molecule has 0 bridgehead atoms. The zero-order valence-corrected chi connectivity index (χ0v) is 14.5. The number of amides is 2. The lowest BCUT2D eigenvalue weighted by atomic mass is 10.1. The van der Waals surface area contributed by atoms with Crippen LogP contribution in [0.4, 0.5) is 0 Å². The minimum atomic E-state index is -0.507. The maximum atomic E-state index is 12.3. The van der Waals surface area contributed by atoms with Crippen LogP contribution in [0.25, 0.3) is 0 Å². The van der Waals surface area contributed by atoms with Crippen molar-refractivity contribution in [2.24, 2.45) is 0 Å². The molecule has 2 fully saturated rings. The Morgan fingerprint density at radius 3 is 2.50 bits per heavy atom. The molecule has 2 aliphatic rings. The van der Waals surface area contributed by atoms with Crippen molar-refractivity contribution in [1.82, 2.24) is 14.7 Å². The summed E-state index contributed by atoms with van der Waals surface area (Å²) in [5.74, 6) is 1.18. The summed E-state index contributed by atoms with van der Waals surface area (Å²) in [4.78, 5) is 29.5. The first-order valence-corrected chi connectivity index (χ1v) is 9.37. The van der Waals surface area contributed by atoms with Crippen LogP contribution in [0.1, 0.15) is 11.7 Å². The molecule has 6 nitrogen and oxygen atoms in total. The summed E-state index contributed by atoms with van der Waals surface area (Å²) in [7, 11) is 0. The molecule has 7 heteroatoms. The zero-order valence-electron chi connectivity index (χ0n) is 13.6. The Morgan fingerprint density at radius 2 is 1.88 bits per heavy atom. The first-order valence-electron chi connectivity index (χ1n) is 8.22. The first kappa shape index (κ1) is 17.3. The Balaban J connectivity index is 1.43. The molecule has 0 unspecified atom stereocenters. The number of thioether (sulfide) groups is 1. The van der Waals surface area contributed by atoms with Crippen LogP contribution < -0.4 is 0 Å². The second-order valence-electron chi connectivity index (χ2n) is 6.18. The first-order chi connectivity index (χ1) is 11.6. The quantitative estimate of drug-likeness (QED) is 0.834. The third-order valence-electron chi connectivity index (χ3n) is 4.49. The average molecular weight is 349 g/mol. The number of piperazine rings is 1. The van der Waals surface area contributed by atoms with Crippen molar-refractivity contribution in [1.29, 1.82) is 0 Å². The van der Waals surface area contributed by atoms with E-state index in [-0.39, 0.29) is 18.4 Å². The number of aliphatic hydroxyl groups excluding tert-OH is 1. The third-order valence-corrected chi connectivity index (χ3v) is 5.44. The lowest BCUT2D eigenvalue weighted by Crippen LogP contribution is -2.52. The molecule has 0 aliphatic carbocycles. The van der Waals surface area contributed by atoms with Crippen molar-refractivity contribution in [3.05, 3.63) is 35.9 Å². The Hall–Kier alpha value is -1.57. The molecule has 2 amide bonds. The predicted octanol–water partition coefficient (Wildman–Crippen LogP) is 0.397. The van der Waals surface area contributed by atoms with E-state index in [9.17, 15) is 14.7 Å². The van der Waals surface area contributed by atoms with Crippen LogP contribution in [-0.2, 0) is 9.59 Å². The maximum Gasteiger partial charge on any atom is 0.242 e. The molecule has 0 spiro atoms. The smallest absolute Gasteiger partial charge is 0.242 e. The summed E-state index contributed by atoms with van der Waals surface area (Å²) in [6, 6.07) is 9.63. The van der Waals surface area contributed by atoms with E-state index in [1.54, 1.807) is 16.7 Å². The molecule has 1 N–H and O–H groups in total. The van der Waals surface area contributed by atoms with Crippen LogP contribution in [0.5, 0.6) is 0 Å². The number of aliphatic hydroxyl groups is 1. The minimum Gasteiger partial charge on any atom is -0.387 e. The van der Waals surface area contributed by atoms with Crippen LogP contribution in [-0.4, -0.2) is 82.5 Å². The van der Waals surface area contributed by atoms with Gasteiger partial charge in [0.1, 0.15) is 6.54 Å². The van der Waals surface area contributed by atoms with Crippen molar-refractivity contribution in [2.75, 3.05) is 50.9 Å². The topological polar surface area (TPSA) is 64.1 Å². The molecular weight excluding hydrogens is 326 g/mol. The van der Waals surface area contributed by atoms with Gasteiger partial charge < -0.3 is 14.9 Å². The van der Waals surface area contributed by atoms with E-state index in [1.165, 1.54) is 0 Å². The number of benzene rings is 1. The summed E-state index contributed by atoms with van der Waals surface area (Å²) >= 11 is 1.55. The summed E-state index contributed by atoms with van der Waals surface area (Å²) < 4.78 is 0. The lowest BCUT2D eigenvalue weighted by molar-refractivity contribution is -0.139. The highest BCUT2D eigenvalue weighted by molar-refractivity contribution is 8.00. The highest BCUT2D eigenvalue weighted by atomic mass is 32.2. The van der Waals surface area contributed by atoms with Gasteiger partial charge in [0.15, 0.2) is 0 Å². The molecular formula is C17H23N3O3S. The highest BCUT2D eigenvalue weighted by Gasteiger charge is 2.27. The standard InChI is InChI=1S/C17H23N3O3S/c21-15(14-4-2-1-3-5-14)10-18-6-8-19(9-7-18)16(22)11-20-13-24-12-17(20)23/h1-5,15,21H,6-13H2/t15-/m1/s1. The molecule has 0 saturated carbocycles. The largest absolute Gasteiger partial charge is 0.387 e. The fourth-order valence-electron chi connectivity index (χ4n) is 3.01. The van der Waals surface area contributed by atoms with Gasteiger partial charge in [-0.3, -0.25) is 14.5 Å². The zero-order chi connectivity index (χ0) is 16.9. The third kappa shape index (κ3) is 4.28. The van der Waals surface area contributed by atoms with Gasteiger partial charge in [-0.2, -0.15) is 0 Å². The lowest BCUT2D eigenvalue weighted by Gasteiger charge is -2.36. The molecule has 0 aromatic heterocycles. The fourth-order valence-corrected chi connectivity index (χ4v) is 3.91. The van der Waals surface area contributed by atoms with Crippen LogP contribution in [0, 0.1) is 0 Å². The Bertz CT molecular complexity index is 576. The van der Waals surface area contributed by atoms with Crippen LogP contribution in [0.2, 0.25) is 0 Å². The number of nitrogens with zero attached hydrogens (tertiary/aromatic N) is 3. The van der Waals surface area contributed by atoms with Gasteiger partial charge in [-0.15, -0.1) is 11.8 Å². The van der Waals surface area contributed by atoms with Gasteiger partial charge in [-0.25, -0.2) is 0 Å². The summed E-state index contributed by atoms with van der Waals surface area (Å²) in [6.07, 6.45) is -0.507. The minimum absolute atomic E-state index is 0.0223. The van der Waals surface area contributed by atoms with Gasteiger partial charge in [-0.05, 0) is 5.56 Å². The number of hydrogen-bond donors (Lipinski definition) is 1. The van der Waals surface area contributed by atoms with Crippen LogP contribution in [0.3, 0.4) is 0 Å². The van der Waals surface area contributed by atoms with Gasteiger partial charge >= 0.3 is 0 Å². The SMILES string of the molecule is O=C(CN1CSCC1=O)N1CCN(C[C@@H](O)c2ccccc2)CC1. The normalized spacial score (nSPS) is 20.5. The van der Waals surface area contributed by atoms with E-state index in [4.69, 9.17) is 0 Å². The fraction of sp³-hybridized carbons (Fsp3) is 0.529. The Morgan fingerprint density at radius 1 is 1.17 bits per heavy atom. The molecule has 3 rings (SSSR count).